The zero-order valence-corrected chi connectivity index (χ0v) is 14.4. The molecule has 1 aromatic carbocycles. The molecule has 0 aliphatic carbocycles. The van der Waals surface area contributed by atoms with Crippen molar-refractivity contribution in [3.63, 3.8) is 0 Å². The third-order valence-corrected chi connectivity index (χ3v) is 4.70. The maximum Gasteiger partial charge on any atom is 0.0981 e. The van der Waals surface area contributed by atoms with Crippen LogP contribution < -0.4 is 10.2 Å². The first-order valence-electron chi connectivity index (χ1n) is 7.28. The highest BCUT2D eigenvalue weighted by molar-refractivity contribution is 7.11. The first kappa shape index (κ1) is 16.0. The van der Waals surface area contributed by atoms with Crippen LogP contribution in [-0.4, -0.2) is 19.1 Å². The Hall–Kier alpha value is -1.39. The van der Waals surface area contributed by atoms with Gasteiger partial charge in [-0.2, -0.15) is 0 Å². The molecule has 0 saturated heterocycles. The van der Waals surface area contributed by atoms with Gasteiger partial charge >= 0.3 is 0 Å². The number of nitrogens with one attached hydrogen (secondary N) is 1. The van der Waals surface area contributed by atoms with E-state index in [1.165, 1.54) is 21.1 Å². The predicted octanol–water partition coefficient (Wildman–Crippen LogP) is 3.80. The van der Waals surface area contributed by atoms with Gasteiger partial charge in [-0.25, -0.2) is 4.98 Å². The molecule has 3 nitrogen and oxygen atoms in total. The molecule has 1 aromatic heterocycles. The molecule has 21 heavy (non-hydrogen) atoms. The van der Waals surface area contributed by atoms with E-state index in [0.717, 1.165) is 13.1 Å². The van der Waals surface area contributed by atoms with Crippen LogP contribution >= 0.6 is 11.3 Å². The lowest BCUT2D eigenvalue weighted by Crippen LogP contribution is -2.12. The van der Waals surface area contributed by atoms with E-state index in [1.54, 1.807) is 11.3 Å². The first-order chi connectivity index (χ1) is 9.86. The van der Waals surface area contributed by atoms with Crippen molar-refractivity contribution in [1.29, 1.82) is 0 Å². The SMILES string of the molecule is CN(C)c1ccc(CNCc2cnc(C(C)(C)C)s2)cc1. The minimum atomic E-state index is 0.144. The molecule has 0 fully saturated rings. The van der Waals surface area contributed by atoms with Gasteiger partial charge in [0.05, 0.1) is 5.01 Å². The van der Waals surface area contributed by atoms with E-state index in [9.17, 15) is 0 Å². The molecular weight excluding hydrogens is 278 g/mol. The van der Waals surface area contributed by atoms with E-state index >= 15 is 0 Å². The van der Waals surface area contributed by atoms with Gasteiger partial charge in [0, 0.05) is 49.4 Å². The number of rotatable bonds is 5. The first-order valence-corrected chi connectivity index (χ1v) is 8.10. The van der Waals surface area contributed by atoms with Crippen molar-refractivity contribution in [2.45, 2.75) is 39.3 Å². The summed E-state index contributed by atoms with van der Waals surface area (Å²) in [6, 6.07) is 8.66. The topological polar surface area (TPSA) is 28.2 Å². The van der Waals surface area contributed by atoms with Crippen molar-refractivity contribution < 1.29 is 0 Å². The Morgan fingerprint density at radius 1 is 1.10 bits per heavy atom. The van der Waals surface area contributed by atoms with E-state index in [1.807, 2.05) is 6.20 Å². The highest BCUT2D eigenvalue weighted by Crippen LogP contribution is 2.26. The van der Waals surface area contributed by atoms with Crippen LogP contribution in [0.15, 0.2) is 30.5 Å². The molecule has 0 radical (unpaired) electrons. The van der Waals surface area contributed by atoms with Crippen LogP contribution in [0.2, 0.25) is 0 Å². The van der Waals surface area contributed by atoms with Crippen LogP contribution in [0.5, 0.6) is 0 Å². The number of nitrogens with zero attached hydrogens (tertiary/aromatic N) is 2. The van der Waals surface area contributed by atoms with Crippen LogP contribution in [0.1, 0.15) is 36.2 Å². The highest BCUT2D eigenvalue weighted by atomic mass is 32.1. The third kappa shape index (κ3) is 4.55. The Labute approximate surface area is 132 Å². The molecule has 1 heterocycles. The standard InChI is InChI=1S/C17H25N3S/c1-17(2,3)16-19-12-15(21-16)11-18-10-13-6-8-14(9-7-13)20(4)5/h6-9,12,18H,10-11H2,1-5H3. The summed E-state index contributed by atoms with van der Waals surface area (Å²) in [6.07, 6.45) is 1.99. The predicted molar refractivity (Wildman–Crippen MR) is 92.1 cm³/mol. The maximum atomic E-state index is 4.52. The van der Waals surface area contributed by atoms with E-state index in [-0.39, 0.29) is 5.41 Å². The molecule has 0 unspecified atom stereocenters. The minimum Gasteiger partial charge on any atom is -0.378 e. The average Bonchev–Trinajstić information content (AvgIpc) is 2.88. The molecule has 114 valence electrons. The fraction of sp³-hybridized carbons (Fsp3) is 0.471. The molecule has 0 amide bonds. The molecule has 0 bridgehead atoms. The minimum absolute atomic E-state index is 0.144. The fourth-order valence-electron chi connectivity index (χ4n) is 1.98. The Bertz CT molecular complexity index is 564. The highest BCUT2D eigenvalue weighted by Gasteiger charge is 2.17. The summed E-state index contributed by atoms with van der Waals surface area (Å²) in [5.41, 5.74) is 2.68. The number of thiazole rings is 1. The summed E-state index contributed by atoms with van der Waals surface area (Å²) in [5.74, 6) is 0. The second kappa shape index (κ2) is 6.58. The summed E-state index contributed by atoms with van der Waals surface area (Å²) in [4.78, 5) is 7.93. The lowest BCUT2D eigenvalue weighted by molar-refractivity contribution is 0.585. The van der Waals surface area contributed by atoms with Gasteiger partial charge < -0.3 is 10.2 Å². The molecule has 0 aliphatic heterocycles. The molecule has 1 N–H and O–H groups in total. The summed E-state index contributed by atoms with van der Waals surface area (Å²) in [6.45, 7) is 8.37. The van der Waals surface area contributed by atoms with Gasteiger partial charge in [0.25, 0.3) is 0 Å². The summed E-state index contributed by atoms with van der Waals surface area (Å²) < 4.78 is 0. The second-order valence-electron chi connectivity index (χ2n) is 6.55. The van der Waals surface area contributed by atoms with Gasteiger partial charge in [-0.05, 0) is 17.7 Å². The molecule has 0 saturated carbocycles. The van der Waals surface area contributed by atoms with E-state index in [4.69, 9.17) is 0 Å². The van der Waals surface area contributed by atoms with Crippen LogP contribution in [0, 0.1) is 0 Å². The fourth-order valence-corrected chi connectivity index (χ4v) is 2.92. The third-order valence-electron chi connectivity index (χ3n) is 3.28. The zero-order valence-electron chi connectivity index (χ0n) is 13.6. The van der Waals surface area contributed by atoms with Crippen LogP contribution in [0.4, 0.5) is 5.69 Å². The van der Waals surface area contributed by atoms with Crippen LogP contribution in [-0.2, 0) is 18.5 Å². The second-order valence-corrected chi connectivity index (χ2v) is 7.66. The van der Waals surface area contributed by atoms with Crippen molar-refractivity contribution in [1.82, 2.24) is 10.3 Å². The van der Waals surface area contributed by atoms with E-state index < -0.39 is 0 Å². The summed E-state index contributed by atoms with van der Waals surface area (Å²) >= 11 is 1.80. The largest absolute Gasteiger partial charge is 0.378 e. The van der Waals surface area contributed by atoms with Crippen molar-refractivity contribution in [2.24, 2.45) is 0 Å². The molecule has 4 heteroatoms. The smallest absolute Gasteiger partial charge is 0.0981 e. The number of aromatic nitrogens is 1. The Kier molecular flexibility index (Phi) is 5.01. The Morgan fingerprint density at radius 2 is 1.76 bits per heavy atom. The van der Waals surface area contributed by atoms with E-state index in [0.29, 0.717) is 0 Å². The van der Waals surface area contributed by atoms with Crippen molar-refractivity contribution in [2.75, 3.05) is 19.0 Å². The van der Waals surface area contributed by atoms with E-state index in [2.05, 4.69) is 74.3 Å². The monoisotopic (exact) mass is 303 g/mol. The summed E-state index contributed by atoms with van der Waals surface area (Å²) in [7, 11) is 4.12. The van der Waals surface area contributed by atoms with Gasteiger partial charge in [-0.1, -0.05) is 32.9 Å². The molecule has 2 aromatic rings. The normalized spacial score (nSPS) is 11.7. The van der Waals surface area contributed by atoms with Crippen LogP contribution in [0.25, 0.3) is 0 Å². The Balaban J connectivity index is 1.85. The Morgan fingerprint density at radius 3 is 2.29 bits per heavy atom. The molecular formula is C17H25N3S. The van der Waals surface area contributed by atoms with Gasteiger partial charge in [-0.3, -0.25) is 0 Å². The number of hydrogen-bond acceptors (Lipinski definition) is 4. The van der Waals surface area contributed by atoms with Gasteiger partial charge in [0.15, 0.2) is 0 Å². The molecule has 0 atom stereocenters. The van der Waals surface area contributed by atoms with Gasteiger partial charge in [0.2, 0.25) is 0 Å². The molecule has 2 rings (SSSR count). The lowest BCUT2D eigenvalue weighted by atomic mass is 9.98. The zero-order chi connectivity index (χ0) is 15.5. The number of anilines is 1. The molecule has 0 spiro atoms. The number of hydrogen-bond donors (Lipinski definition) is 1. The average molecular weight is 303 g/mol. The van der Waals surface area contributed by atoms with Crippen molar-refractivity contribution in [3.8, 4) is 0 Å². The summed E-state index contributed by atoms with van der Waals surface area (Å²) in [5, 5.41) is 4.69. The van der Waals surface area contributed by atoms with Crippen molar-refractivity contribution >= 4 is 17.0 Å². The van der Waals surface area contributed by atoms with Gasteiger partial charge in [0.1, 0.15) is 0 Å². The van der Waals surface area contributed by atoms with Gasteiger partial charge in [-0.15, -0.1) is 11.3 Å². The quantitative estimate of drug-likeness (QED) is 0.910. The van der Waals surface area contributed by atoms with Crippen LogP contribution in [0.3, 0.4) is 0 Å². The van der Waals surface area contributed by atoms with Crippen molar-refractivity contribution in [3.05, 3.63) is 45.9 Å². The lowest BCUT2D eigenvalue weighted by Gasteiger charge is -2.13. The maximum absolute atomic E-state index is 4.52. The molecule has 0 aliphatic rings. The number of benzene rings is 1.